The highest BCUT2D eigenvalue weighted by molar-refractivity contribution is 7.98. The van der Waals surface area contributed by atoms with Crippen LogP contribution in [0.15, 0.2) is 30.3 Å². The van der Waals surface area contributed by atoms with Crippen molar-refractivity contribution in [3.63, 3.8) is 0 Å². The molecule has 1 aromatic carbocycles. The molecule has 2 aliphatic rings. The van der Waals surface area contributed by atoms with Crippen molar-refractivity contribution < 1.29 is 87.2 Å². The first-order valence-electron chi connectivity index (χ1n) is 31.0. The Hall–Kier alpha value is -7.95. The van der Waals surface area contributed by atoms with Gasteiger partial charge in [0.05, 0.1) is 44.2 Å². The minimum atomic E-state index is -1.93. The maximum absolute atomic E-state index is 14.4. The van der Waals surface area contributed by atoms with E-state index in [1.165, 1.54) is 40.2 Å². The van der Waals surface area contributed by atoms with Crippen molar-refractivity contribution in [3.05, 3.63) is 35.9 Å². The summed E-state index contributed by atoms with van der Waals surface area (Å²) in [5.74, 6) is -13.4. The average molecular weight is 1360 g/mol. The Kier molecular flexibility index (Phi) is 34.4. The summed E-state index contributed by atoms with van der Waals surface area (Å²) >= 11 is 2.53. The van der Waals surface area contributed by atoms with Crippen molar-refractivity contribution in [2.45, 2.75) is 184 Å². The molecule has 2 saturated heterocycles. The average Bonchev–Trinajstić information content (AvgIpc) is 1.63. The van der Waals surface area contributed by atoms with Gasteiger partial charge in [0.25, 0.3) is 0 Å². The number of likely N-dealkylation sites (tertiary alicyclic amines) is 2. The zero-order chi connectivity index (χ0) is 70.5. The quantitative estimate of drug-likeness (QED) is 0.0274. The molecule has 3 rings (SSSR count). The molecule has 13 amide bonds. The van der Waals surface area contributed by atoms with E-state index in [2.05, 4.69) is 53.2 Å². The third-order valence-corrected chi connectivity index (χ3v) is 16.7. The number of rotatable bonds is 40. The number of aliphatic carboxylic acids is 1. The highest BCUT2D eigenvalue weighted by atomic mass is 32.2. The SMILES string of the molecule is CSCCC(NC(=O)C(Cc1ccccc1)NC(=O)C(CC(=O)O)NC(=O)CNC(=O)C(NC(=O)C(C)NC(=O)C1CCCN1C(=O)C(N)CC(C)C)C(C)O)C(=O)NC(CC(N)=O)C(=O)NC(CCSC)C(=O)NC(CO)C(=O)N1CCCC1C(=O)NC(C=O)C(C)C. The topological polar surface area (TPSA) is 496 Å². The molecule has 0 aliphatic carbocycles. The number of nitrogens with two attached hydrogens (primary N) is 2. The summed E-state index contributed by atoms with van der Waals surface area (Å²) in [5, 5.41) is 54.8. The Labute approximate surface area is 554 Å². The van der Waals surface area contributed by atoms with Crippen molar-refractivity contribution in [2.24, 2.45) is 23.3 Å². The molecule has 0 saturated carbocycles. The molecule has 0 bridgehead atoms. The van der Waals surface area contributed by atoms with Gasteiger partial charge in [-0.1, -0.05) is 58.0 Å². The van der Waals surface area contributed by atoms with Crippen molar-refractivity contribution in [2.75, 3.05) is 50.3 Å². The van der Waals surface area contributed by atoms with Crippen LogP contribution in [0.25, 0.3) is 0 Å². The first-order chi connectivity index (χ1) is 44.4. The van der Waals surface area contributed by atoms with Gasteiger partial charge in [-0.3, -0.25) is 67.1 Å². The first-order valence-corrected chi connectivity index (χ1v) is 33.8. The number of amides is 13. The van der Waals surface area contributed by atoms with Gasteiger partial charge >= 0.3 is 5.97 Å². The number of carboxylic acids is 1. The van der Waals surface area contributed by atoms with E-state index in [1.807, 2.05) is 13.8 Å². The van der Waals surface area contributed by atoms with Crippen LogP contribution in [-0.2, 0) is 78.3 Å². The molecule has 94 heavy (non-hydrogen) atoms. The zero-order valence-corrected chi connectivity index (χ0v) is 55.9. The number of carbonyl (C=O) groups excluding carboxylic acids is 14. The zero-order valence-electron chi connectivity index (χ0n) is 54.3. The lowest BCUT2D eigenvalue weighted by Crippen LogP contribution is -2.61. The molecule has 0 radical (unpaired) electrons. The van der Waals surface area contributed by atoms with E-state index < -0.39 is 187 Å². The van der Waals surface area contributed by atoms with Gasteiger partial charge in [0.2, 0.25) is 76.8 Å². The second-order valence-corrected chi connectivity index (χ2v) is 25.8. The first kappa shape index (κ1) is 80.3. The molecule has 17 N–H and O–H groups in total. The molecular weight excluding hydrogens is 1270 g/mol. The molecule has 0 spiro atoms. The Morgan fingerprint density at radius 3 is 1.56 bits per heavy atom. The predicted octanol–water partition coefficient (Wildman–Crippen LogP) is -4.83. The Balaban J connectivity index is 1.78. The van der Waals surface area contributed by atoms with Gasteiger partial charge in [-0.2, -0.15) is 23.5 Å². The van der Waals surface area contributed by atoms with E-state index in [4.69, 9.17) is 11.5 Å². The lowest BCUT2D eigenvalue weighted by Gasteiger charge is -2.30. The normalized spacial score (nSPS) is 18.0. The molecule has 2 fully saturated rings. The van der Waals surface area contributed by atoms with Gasteiger partial charge in [0.15, 0.2) is 0 Å². The smallest absolute Gasteiger partial charge is 0.305 e. The summed E-state index contributed by atoms with van der Waals surface area (Å²) < 4.78 is 0. The number of nitrogens with zero attached hydrogens (tertiary/aromatic N) is 2. The van der Waals surface area contributed by atoms with E-state index in [-0.39, 0.29) is 62.1 Å². The molecule has 34 heteroatoms. The van der Waals surface area contributed by atoms with Crippen molar-refractivity contribution in [3.8, 4) is 0 Å². The highest BCUT2D eigenvalue weighted by Crippen LogP contribution is 2.22. The van der Waals surface area contributed by atoms with Crippen LogP contribution >= 0.6 is 23.5 Å². The Morgan fingerprint density at radius 1 is 0.606 bits per heavy atom. The summed E-state index contributed by atoms with van der Waals surface area (Å²) in [6, 6.07) is -8.46. The van der Waals surface area contributed by atoms with Crippen LogP contribution in [0, 0.1) is 11.8 Å². The van der Waals surface area contributed by atoms with Gasteiger partial charge in [0, 0.05) is 19.5 Å². The standard InChI is InChI=1S/C60H94N14O18S2/c1-31(2)24-36(61)59(91)73-20-12-16-44(73)56(88)64-33(5)50(82)72-49(34(6)77)58(90)63-28-47(79)65-41(27-48(80)81)55(87)68-39(25-35-14-10-9-11-15-35)53(85)66-37(18-22-93-7)51(83)69-40(26-46(62)78)54(86)67-38(19-23-94-8)52(84)71-43(30-76)60(92)74-21-13-17-45(74)57(89)70-42(29-75)32(3)4/h9-11,14-15,29,31-34,36-45,49,76-77H,12-13,16-28,30,61H2,1-8H3,(H2,62,78)(H,63,90)(H,64,88)(H,65,79)(H,66,85)(H,67,86)(H,68,87)(H,69,83)(H,70,89)(H,71,84)(H,72,82)(H,80,81). The van der Waals surface area contributed by atoms with Crippen LogP contribution in [0.1, 0.15) is 105 Å². The van der Waals surface area contributed by atoms with Crippen LogP contribution in [0.3, 0.4) is 0 Å². The van der Waals surface area contributed by atoms with Crippen molar-refractivity contribution in [1.82, 2.24) is 63.0 Å². The highest BCUT2D eigenvalue weighted by Gasteiger charge is 2.41. The Bertz CT molecular complexity index is 2820. The number of aldehydes is 1. The fraction of sp³-hybridized carbons (Fsp3) is 0.650. The summed E-state index contributed by atoms with van der Waals surface area (Å²) in [6.45, 7) is 8.20. The molecule has 2 aliphatic heterocycles. The number of hydrogen-bond acceptors (Lipinski definition) is 20. The minimum Gasteiger partial charge on any atom is -0.481 e. The molecule has 13 atom stereocenters. The summed E-state index contributed by atoms with van der Waals surface area (Å²) in [5.41, 5.74) is 12.1. The van der Waals surface area contributed by atoms with Crippen LogP contribution < -0.4 is 64.6 Å². The largest absolute Gasteiger partial charge is 0.481 e. The monoisotopic (exact) mass is 1360 g/mol. The summed E-state index contributed by atoms with van der Waals surface area (Å²) in [6.07, 6.45) is 1.82. The number of aliphatic hydroxyl groups excluding tert-OH is 2. The Morgan fingerprint density at radius 2 is 1.09 bits per heavy atom. The van der Waals surface area contributed by atoms with E-state index in [0.29, 0.717) is 37.5 Å². The van der Waals surface area contributed by atoms with Crippen LogP contribution in [0.5, 0.6) is 0 Å². The van der Waals surface area contributed by atoms with Crippen LogP contribution in [-0.4, -0.2) is 243 Å². The molecule has 0 aromatic heterocycles. The molecular formula is C60H94N14O18S2. The molecule has 32 nitrogen and oxygen atoms in total. The number of thioether (sulfide) groups is 2. The van der Waals surface area contributed by atoms with Gasteiger partial charge in [-0.25, -0.2) is 0 Å². The van der Waals surface area contributed by atoms with E-state index >= 15 is 0 Å². The lowest BCUT2D eigenvalue weighted by molar-refractivity contribution is -0.143. The van der Waals surface area contributed by atoms with E-state index in [0.717, 1.165) is 6.92 Å². The van der Waals surface area contributed by atoms with E-state index in [9.17, 15) is 87.2 Å². The number of hydrogen-bond donors (Lipinski definition) is 15. The number of benzene rings is 1. The maximum atomic E-state index is 14.4. The van der Waals surface area contributed by atoms with Crippen molar-refractivity contribution >= 4 is 113 Å². The second kappa shape index (κ2) is 40.3. The van der Waals surface area contributed by atoms with E-state index in [1.54, 1.807) is 56.7 Å². The molecule has 1 aromatic rings. The lowest BCUT2D eigenvalue weighted by atomic mass is 10.0. The molecule has 13 unspecified atom stereocenters. The number of primary amides is 1. The third kappa shape index (κ3) is 26.1. The number of carboxylic acid groups (broad SMARTS) is 1. The molecule has 524 valence electrons. The number of carbonyl (C=O) groups is 15. The molecule has 2 heterocycles. The second-order valence-electron chi connectivity index (χ2n) is 23.8. The summed E-state index contributed by atoms with van der Waals surface area (Å²) in [4.78, 5) is 203. The summed E-state index contributed by atoms with van der Waals surface area (Å²) in [7, 11) is 0. The van der Waals surface area contributed by atoms with Gasteiger partial charge in [-0.05, 0) is 100 Å². The van der Waals surface area contributed by atoms with Crippen molar-refractivity contribution in [1.29, 1.82) is 0 Å². The van der Waals surface area contributed by atoms with Gasteiger partial charge in [0.1, 0.15) is 66.7 Å². The fourth-order valence-electron chi connectivity index (χ4n) is 10.2. The van der Waals surface area contributed by atoms with Crippen LogP contribution in [0.4, 0.5) is 0 Å². The maximum Gasteiger partial charge on any atom is 0.305 e. The van der Waals surface area contributed by atoms with Crippen LogP contribution in [0.2, 0.25) is 0 Å². The fourth-order valence-corrected chi connectivity index (χ4v) is 11.2. The number of aliphatic hydroxyl groups is 2. The predicted molar refractivity (Wildman–Crippen MR) is 345 cm³/mol. The third-order valence-electron chi connectivity index (χ3n) is 15.4. The minimum absolute atomic E-state index is 0.0777. The van der Waals surface area contributed by atoms with Gasteiger partial charge in [-0.15, -0.1) is 0 Å². The van der Waals surface area contributed by atoms with Gasteiger partial charge < -0.3 is 94.5 Å². The number of nitrogens with one attached hydrogen (secondary N) is 10.